The van der Waals surface area contributed by atoms with Gasteiger partial charge in [0.25, 0.3) is 0 Å². The SMILES string of the molecule is CC(=O)c1sc(NC(=O)Cc2nonc2N)nc1C. The smallest absolute Gasteiger partial charge is 0.232 e. The van der Waals surface area contributed by atoms with Crippen LogP contribution in [0.2, 0.25) is 0 Å². The Morgan fingerprint density at radius 1 is 1.42 bits per heavy atom. The molecule has 1 amide bonds. The fourth-order valence-corrected chi connectivity index (χ4v) is 2.31. The molecule has 19 heavy (non-hydrogen) atoms. The highest BCUT2D eigenvalue weighted by Gasteiger charge is 2.16. The number of Topliss-reactive ketones (excluding diaryl/α,β-unsaturated/α-hetero) is 1. The van der Waals surface area contributed by atoms with Gasteiger partial charge in [0.15, 0.2) is 16.7 Å². The van der Waals surface area contributed by atoms with Crippen molar-refractivity contribution in [2.24, 2.45) is 0 Å². The quantitative estimate of drug-likeness (QED) is 0.794. The lowest BCUT2D eigenvalue weighted by Gasteiger charge is -1.98. The molecule has 0 aromatic carbocycles. The summed E-state index contributed by atoms with van der Waals surface area (Å²) in [6.07, 6.45) is -0.0661. The van der Waals surface area contributed by atoms with Crippen LogP contribution in [0.1, 0.15) is 28.0 Å². The molecule has 0 bridgehead atoms. The maximum atomic E-state index is 11.7. The van der Waals surface area contributed by atoms with Crippen molar-refractivity contribution in [2.45, 2.75) is 20.3 Å². The van der Waals surface area contributed by atoms with Gasteiger partial charge in [-0.25, -0.2) is 9.61 Å². The third-order valence-corrected chi connectivity index (χ3v) is 3.45. The topological polar surface area (TPSA) is 124 Å². The molecule has 9 heteroatoms. The molecule has 0 aliphatic carbocycles. The van der Waals surface area contributed by atoms with E-state index in [1.807, 2.05) is 0 Å². The fraction of sp³-hybridized carbons (Fsp3) is 0.300. The van der Waals surface area contributed by atoms with Crippen LogP contribution in [-0.2, 0) is 11.2 Å². The number of hydrogen-bond donors (Lipinski definition) is 2. The molecule has 0 aliphatic heterocycles. The van der Waals surface area contributed by atoms with Crippen molar-refractivity contribution >= 4 is 34.0 Å². The maximum Gasteiger partial charge on any atom is 0.232 e. The Hall–Kier alpha value is -2.29. The summed E-state index contributed by atoms with van der Waals surface area (Å²) >= 11 is 1.13. The van der Waals surface area contributed by atoms with Gasteiger partial charge in [0.1, 0.15) is 5.69 Å². The van der Waals surface area contributed by atoms with E-state index < -0.39 is 0 Å². The molecule has 0 spiro atoms. The molecule has 0 radical (unpaired) electrons. The zero-order valence-electron chi connectivity index (χ0n) is 10.3. The highest BCUT2D eigenvalue weighted by molar-refractivity contribution is 7.17. The van der Waals surface area contributed by atoms with Crippen molar-refractivity contribution in [2.75, 3.05) is 11.1 Å². The molecular weight excluding hydrogens is 270 g/mol. The zero-order valence-corrected chi connectivity index (χ0v) is 11.1. The van der Waals surface area contributed by atoms with E-state index in [1.165, 1.54) is 6.92 Å². The minimum Gasteiger partial charge on any atom is -0.379 e. The van der Waals surface area contributed by atoms with E-state index in [4.69, 9.17) is 5.73 Å². The van der Waals surface area contributed by atoms with Gasteiger partial charge >= 0.3 is 0 Å². The first-order chi connectivity index (χ1) is 8.97. The van der Waals surface area contributed by atoms with Gasteiger partial charge in [-0.05, 0) is 12.1 Å². The van der Waals surface area contributed by atoms with Crippen molar-refractivity contribution in [3.05, 3.63) is 16.3 Å². The molecule has 3 N–H and O–H groups in total. The second-order valence-corrected chi connectivity index (χ2v) is 4.81. The summed E-state index contributed by atoms with van der Waals surface area (Å²) in [6.45, 7) is 3.16. The van der Waals surface area contributed by atoms with E-state index in [0.717, 1.165) is 11.3 Å². The van der Waals surface area contributed by atoms with E-state index in [-0.39, 0.29) is 29.6 Å². The summed E-state index contributed by atoms with van der Waals surface area (Å²) in [7, 11) is 0. The number of nitrogens with two attached hydrogens (primary N) is 1. The molecule has 0 unspecified atom stereocenters. The van der Waals surface area contributed by atoms with Gasteiger partial charge in [-0.15, -0.1) is 0 Å². The monoisotopic (exact) mass is 281 g/mol. The number of rotatable bonds is 4. The van der Waals surface area contributed by atoms with Crippen LogP contribution in [-0.4, -0.2) is 27.0 Å². The Labute approximate surface area is 112 Å². The Balaban J connectivity index is 2.05. The lowest BCUT2D eigenvalue weighted by atomic mass is 10.3. The average Bonchev–Trinajstić information content (AvgIpc) is 2.86. The molecule has 2 rings (SSSR count). The summed E-state index contributed by atoms with van der Waals surface area (Å²) in [6, 6.07) is 0. The van der Waals surface area contributed by atoms with Crippen molar-refractivity contribution in [3.8, 4) is 0 Å². The second-order valence-electron chi connectivity index (χ2n) is 3.81. The normalized spacial score (nSPS) is 10.4. The van der Waals surface area contributed by atoms with Crippen molar-refractivity contribution in [3.63, 3.8) is 0 Å². The molecule has 0 saturated heterocycles. The number of nitrogen functional groups attached to an aromatic ring is 1. The first-order valence-electron chi connectivity index (χ1n) is 5.32. The van der Waals surface area contributed by atoms with E-state index >= 15 is 0 Å². The van der Waals surface area contributed by atoms with Crippen LogP contribution < -0.4 is 11.1 Å². The van der Waals surface area contributed by atoms with E-state index in [1.54, 1.807) is 6.92 Å². The van der Waals surface area contributed by atoms with Crippen LogP contribution in [0.15, 0.2) is 4.63 Å². The van der Waals surface area contributed by atoms with Crippen LogP contribution in [0.5, 0.6) is 0 Å². The number of nitrogens with zero attached hydrogens (tertiary/aromatic N) is 3. The number of aromatic nitrogens is 3. The molecule has 100 valence electrons. The van der Waals surface area contributed by atoms with Crippen LogP contribution >= 0.6 is 11.3 Å². The van der Waals surface area contributed by atoms with Gasteiger partial charge in [-0.3, -0.25) is 9.59 Å². The summed E-state index contributed by atoms with van der Waals surface area (Å²) in [5, 5.41) is 9.82. The van der Waals surface area contributed by atoms with E-state index in [9.17, 15) is 9.59 Å². The third-order valence-electron chi connectivity index (χ3n) is 2.28. The summed E-state index contributed by atoms with van der Waals surface area (Å²) in [4.78, 5) is 27.6. The van der Waals surface area contributed by atoms with Crippen LogP contribution in [0.4, 0.5) is 10.9 Å². The van der Waals surface area contributed by atoms with Gasteiger partial charge in [-0.1, -0.05) is 16.5 Å². The molecule has 8 nitrogen and oxygen atoms in total. The standard InChI is InChI=1S/C10H11N5O3S/c1-4-8(5(2)16)19-10(12-4)13-7(17)3-6-9(11)15-18-14-6/h3H2,1-2H3,(H2,11,15)(H,12,13,17). The number of thiazole rings is 1. The molecule has 2 aromatic heterocycles. The Kier molecular flexibility index (Phi) is 3.56. The number of ketones is 1. The summed E-state index contributed by atoms with van der Waals surface area (Å²) in [5.74, 6) is -0.360. The van der Waals surface area contributed by atoms with Gasteiger partial charge < -0.3 is 11.1 Å². The lowest BCUT2D eigenvalue weighted by molar-refractivity contribution is -0.115. The number of carbonyl (C=O) groups excluding carboxylic acids is 2. The number of nitrogens with one attached hydrogen (secondary N) is 1. The van der Waals surface area contributed by atoms with Gasteiger partial charge in [0.05, 0.1) is 17.0 Å². The molecule has 0 atom stereocenters. The van der Waals surface area contributed by atoms with Crippen molar-refractivity contribution in [1.29, 1.82) is 0 Å². The van der Waals surface area contributed by atoms with Crippen LogP contribution in [0.25, 0.3) is 0 Å². The molecule has 0 aliphatic rings. The minimum atomic E-state index is -0.355. The van der Waals surface area contributed by atoms with Gasteiger partial charge in [-0.2, -0.15) is 0 Å². The maximum absolute atomic E-state index is 11.7. The Morgan fingerprint density at radius 3 is 2.68 bits per heavy atom. The summed E-state index contributed by atoms with van der Waals surface area (Å²) in [5.41, 5.74) is 6.30. The fourth-order valence-electron chi connectivity index (χ4n) is 1.43. The molecule has 0 saturated carbocycles. The van der Waals surface area contributed by atoms with Gasteiger partial charge in [0.2, 0.25) is 5.91 Å². The Morgan fingerprint density at radius 2 is 2.16 bits per heavy atom. The summed E-state index contributed by atoms with van der Waals surface area (Å²) < 4.78 is 4.39. The second kappa shape index (κ2) is 5.14. The Bertz CT molecular complexity index is 633. The van der Waals surface area contributed by atoms with E-state index in [0.29, 0.717) is 15.7 Å². The first kappa shape index (κ1) is 13.1. The molecule has 2 heterocycles. The molecule has 0 fully saturated rings. The zero-order chi connectivity index (χ0) is 14.0. The first-order valence-corrected chi connectivity index (χ1v) is 6.14. The number of carbonyl (C=O) groups is 2. The number of aryl methyl sites for hydroxylation is 1. The minimum absolute atomic E-state index is 0.0661. The van der Waals surface area contributed by atoms with E-state index in [2.05, 4.69) is 25.2 Å². The van der Waals surface area contributed by atoms with Crippen molar-refractivity contribution in [1.82, 2.24) is 15.3 Å². The van der Waals surface area contributed by atoms with Crippen molar-refractivity contribution < 1.29 is 14.2 Å². The highest BCUT2D eigenvalue weighted by atomic mass is 32.1. The third kappa shape index (κ3) is 2.94. The van der Waals surface area contributed by atoms with Gasteiger partial charge in [0, 0.05) is 6.92 Å². The predicted octanol–water partition coefficient (Wildman–Crippen LogP) is 0.801. The molecule has 2 aromatic rings. The predicted molar refractivity (Wildman–Crippen MR) is 67.9 cm³/mol. The highest BCUT2D eigenvalue weighted by Crippen LogP contribution is 2.23. The lowest BCUT2D eigenvalue weighted by Crippen LogP contribution is -2.15. The number of anilines is 2. The van der Waals surface area contributed by atoms with Crippen LogP contribution in [0.3, 0.4) is 0 Å². The van der Waals surface area contributed by atoms with Crippen LogP contribution in [0, 0.1) is 6.92 Å². The number of amides is 1. The largest absolute Gasteiger partial charge is 0.379 e. The molecular formula is C10H11N5O3S. The number of hydrogen-bond acceptors (Lipinski definition) is 8. The average molecular weight is 281 g/mol.